The van der Waals surface area contributed by atoms with Crippen molar-refractivity contribution in [1.82, 2.24) is 4.90 Å². The quantitative estimate of drug-likeness (QED) is 0.689. The molecular formula is C18H25NO3. The summed E-state index contributed by atoms with van der Waals surface area (Å²) >= 11 is 0. The smallest absolute Gasteiger partial charge is 0.294 e. The number of Topliss-reactive ketones (excluding diaryl/α,β-unsaturated/α-hetero) is 1. The zero-order chi connectivity index (χ0) is 16.3. The summed E-state index contributed by atoms with van der Waals surface area (Å²) < 4.78 is 0. The molecule has 1 saturated heterocycles. The third kappa shape index (κ3) is 3.74. The number of nitrogens with zero attached hydrogens (tertiary/aromatic N) is 1. The Morgan fingerprint density at radius 3 is 2.14 bits per heavy atom. The van der Waals surface area contributed by atoms with E-state index in [4.69, 9.17) is 5.11 Å². The van der Waals surface area contributed by atoms with Crippen molar-refractivity contribution in [2.75, 3.05) is 19.7 Å². The fraction of sp³-hybridized carbons (Fsp3) is 0.556. The van der Waals surface area contributed by atoms with Crippen molar-refractivity contribution in [1.29, 1.82) is 0 Å². The van der Waals surface area contributed by atoms with E-state index in [0.29, 0.717) is 18.7 Å². The highest BCUT2D eigenvalue weighted by Gasteiger charge is 2.27. The van der Waals surface area contributed by atoms with E-state index in [9.17, 15) is 9.59 Å². The Hall–Kier alpha value is -1.68. The molecule has 0 atom stereocenters. The second-order valence-corrected chi connectivity index (χ2v) is 7.07. The van der Waals surface area contributed by atoms with Gasteiger partial charge in [0.2, 0.25) is 5.78 Å². The third-order valence-corrected chi connectivity index (χ3v) is 4.37. The predicted octanol–water partition coefficient (Wildman–Crippen LogP) is 2.40. The van der Waals surface area contributed by atoms with Gasteiger partial charge in [-0.3, -0.25) is 9.59 Å². The lowest BCUT2D eigenvalue weighted by Gasteiger charge is -2.30. The highest BCUT2D eigenvalue weighted by molar-refractivity contribution is 6.42. The average molecular weight is 303 g/mol. The zero-order valence-electron chi connectivity index (χ0n) is 13.6. The molecule has 0 saturated carbocycles. The van der Waals surface area contributed by atoms with E-state index in [1.807, 2.05) is 12.1 Å². The molecule has 0 unspecified atom stereocenters. The Labute approximate surface area is 132 Å². The predicted molar refractivity (Wildman–Crippen MR) is 85.9 cm³/mol. The van der Waals surface area contributed by atoms with Crippen molar-refractivity contribution in [3.63, 3.8) is 0 Å². The third-order valence-electron chi connectivity index (χ3n) is 4.37. The van der Waals surface area contributed by atoms with E-state index >= 15 is 0 Å². The fourth-order valence-electron chi connectivity index (χ4n) is 2.71. The molecule has 0 bridgehead atoms. The lowest BCUT2D eigenvalue weighted by molar-refractivity contribution is -0.128. The van der Waals surface area contributed by atoms with Gasteiger partial charge in [0, 0.05) is 25.3 Å². The molecule has 0 radical (unpaired) electrons. The van der Waals surface area contributed by atoms with Gasteiger partial charge in [-0.1, -0.05) is 45.0 Å². The van der Waals surface area contributed by atoms with Crippen LogP contribution in [0.2, 0.25) is 0 Å². The number of amides is 1. The molecule has 22 heavy (non-hydrogen) atoms. The Kier molecular flexibility index (Phi) is 5.01. The SMILES string of the molecule is CC(C)(C)c1ccc(C(=O)C(=O)N2CCC(CO)CC2)cc1. The molecule has 2 rings (SSSR count). The number of hydrogen-bond donors (Lipinski definition) is 1. The van der Waals surface area contributed by atoms with Crippen LogP contribution in [-0.4, -0.2) is 41.4 Å². The highest BCUT2D eigenvalue weighted by atomic mass is 16.3. The minimum Gasteiger partial charge on any atom is -0.396 e. The summed E-state index contributed by atoms with van der Waals surface area (Å²) in [5.74, 6) is -0.618. The van der Waals surface area contributed by atoms with Crippen LogP contribution < -0.4 is 0 Å². The molecular weight excluding hydrogens is 278 g/mol. The van der Waals surface area contributed by atoms with Gasteiger partial charge in [-0.25, -0.2) is 0 Å². The number of ketones is 1. The first-order valence-electron chi connectivity index (χ1n) is 7.88. The molecule has 0 spiro atoms. The maximum Gasteiger partial charge on any atom is 0.294 e. The van der Waals surface area contributed by atoms with Gasteiger partial charge < -0.3 is 10.0 Å². The summed E-state index contributed by atoms with van der Waals surface area (Å²) in [7, 11) is 0. The average Bonchev–Trinajstić information content (AvgIpc) is 2.53. The number of piperidine rings is 1. The molecule has 4 heteroatoms. The van der Waals surface area contributed by atoms with Crippen LogP contribution in [-0.2, 0) is 10.2 Å². The monoisotopic (exact) mass is 303 g/mol. The second-order valence-electron chi connectivity index (χ2n) is 7.07. The molecule has 1 aliphatic heterocycles. The zero-order valence-corrected chi connectivity index (χ0v) is 13.6. The van der Waals surface area contributed by atoms with E-state index in [1.54, 1.807) is 17.0 Å². The summed E-state index contributed by atoms with van der Waals surface area (Å²) in [6.07, 6.45) is 1.52. The van der Waals surface area contributed by atoms with E-state index < -0.39 is 11.7 Å². The van der Waals surface area contributed by atoms with E-state index in [-0.39, 0.29) is 17.9 Å². The summed E-state index contributed by atoms with van der Waals surface area (Å²) in [4.78, 5) is 26.2. The van der Waals surface area contributed by atoms with Crippen molar-refractivity contribution < 1.29 is 14.7 Å². The molecule has 0 aromatic heterocycles. The van der Waals surface area contributed by atoms with Crippen LogP contribution in [0.25, 0.3) is 0 Å². The Morgan fingerprint density at radius 1 is 1.14 bits per heavy atom. The van der Waals surface area contributed by atoms with Crippen LogP contribution in [0, 0.1) is 5.92 Å². The largest absolute Gasteiger partial charge is 0.396 e. The van der Waals surface area contributed by atoms with Gasteiger partial charge in [0.1, 0.15) is 0 Å². The number of likely N-dealkylation sites (tertiary alicyclic amines) is 1. The summed E-state index contributed by atoms with van der Waals surface area (Å²) in [5.41, 5.74) is 1.61. The van der Waals surface area contributed by atoms with Crippen LogP contribution in [0.5, 0.6) is 0 Å². The molecule has 1 aromatic rings. The summed E-state index contributed by atoms with van der Waals surface area (Å²) in [6, 6.07) is 7.31. The number of hydrogen-bond acceptors (Lipinski definition) is 3. The fourth-order valence-corrected chi connectivity index (χ4v) is 2.71. The number of aliphatic hydroxyl groups is 1. The van der Waals surface area contributed by atoms with Gasteiger partial charge in [-0.05, 0) is 29.7 Å². The molecule has 4 nitrogen and oxygen atoms in total. The van der Waals surface area contributed by atoms with Crippen LogP contribution in [0.1, 0.15) is 49.5 Å². The first kappa shape index (κ1) is 16.7. The normalized spacial score (nSPS) is 16.6. The molecule has 1 amide bonds. The van der Waals surface area contributed by atoms with Gasteiger partial charge >= 0.3 is 0 Å². The summed E-state index contributed by atoms with van der Waals surface area (Å²) in [6.45, 7) is 7.59. The molecule has 1 N–H and O–H groups in total. The van der Waals surface area contributed by atoms with Gasteiger partial charge in [-0.2, -0.15) is 0 Å². The number of carbonyl (C=O) groups is 2. The molecule has 0 aliphatic carbocycles. The maximum absolute atomic E-state index is 12.3. The molecule has 1 aromatic carbocycles. The Morgan fingerprint density at radius 2 is 1.68 bits per heavy atom. The number of carbonyl (C=O) groups excluding carboxylic acids is 2. The van der Waals surface area contributed by atoms with Crippen molar-refractivity contribution in [3.05, 3.63) is 35.4 Å². The molecule has 1 heterocycles. The standard InChI is InChI=1S/C18H25NO3/c1-18(2,3)15-6-4-14(5-7-15)16(21)17(22)19-10-8-13(12-20)9-11-19/h4-7,13,20H,8-12H2,1-3H3. The topological polar surface area (TPSA) is 57.6 Å². The first-order chi connectivity index (χ1) is 10.3. The summed E-state index contributed by atoms with van der Waals surface area (Å²) in [5, 5.41) is 9.12. The van der Waals surface area contributed by atoms with Crippen LogP contribution >= 0.6 is 0 Å². The highest BCUT2D eigenvalue weighted by Crippen LogP contribution is 2.23. The lowest BCUT2D eigenvalue weighted by atomic mass is 9.86. The molecule has 1 fully saturated rings. The minimum absolute atomic E-state index is 0.0256. The van der Waals surface area contributed by atoms with Crippen molar-refractivity contribution in [2.45, 2.75) is 39.0 Å². The number of aliphatic hydroxyl groups excluding tert-OH is 1. The second kappa shape index (κ2) is 6.61. The van der Waals surface area contributed by atoms with Crippen molar-refractivity contribution in [3.8, 4) is 0 Å². The van der Waals surface area contributed by atoms with Gasteiger partial charge in [-0.15, -0.1) is 0 Å². The Balaban J connectivity index is 2.03. The van der Waals surface area contributed by atoms with E-state index in [1.165, 1.54) is 0 Å². The first-order valence-corrected chi connectivity index (χ1v) is 7.88. The van der Waals surface area contributed by atoms with Gasteiger partial charge in [0.15, 0.2) is 0 Å². The molecule has 1 aliphatic rings. The molecule has 120 valence electrons. The number of benzene rings is 1. The minimum atomic E-state index is -0.442. The van der Waals surface area contributed by atoms with Crippen molar-refractivity contribution in [2.24, 2.45) is 5.92 Å². The Bertz CT molecular complexity index is 534. The van der Waals surface area contributed by atoms with Crippen LogP contribution in [0.4, 0.5) is 0 Å². The van der Waals surface area contributed by atoms with Crippen LogP contribution in [0.15, 0.2) is 24.3 Å². The maximum atomic E-state index is 12.3. The van der Waals surface area contributed by atoms with E-state index in [0.717, 1.165) is 18.4 Å². The van der Waals surface area contributed by atoms with Gasteiger partial charge in [0.25, 0.3) is 5.91 Å². The van der Waals surface area contributed by atoms with Gasteiger partial charge in [0.05, 0.1) is 0 Å². The number of rotatable bonds is 3. The van der Waals surface area contributed by atoms with Crippen molar-refractivity contribution >= 4 is 11.7 Å². The van der Waals surface area contributed by atoms with E-state index in [2.05, 4.69) is 20.8 Å². The lowest BCUT2D eigenvalue weighted by Crippen LogP contribution is -2.42. The van der Waals surface area contributed by atoms with Crippen LogP contribution in [0.3, 0.4) is 0 Å².